The van der Waals surface area contributed by atoms with E-state index in [1.54, 1.807) is 42.5 Å². The average Bonchev–Trinajstić information content (AvgIpc) is 3.29. The zero-order valence-electron chi connectivity index (χ0n) is 20.9. The maximum Gasteiger partial charge on any atom is 0.417 e. The van der Waals surface area contributed by atoms with Gasteiger partial charge in [0.15, 0.2) is 34.5 Å². The van der Waals surface area contributed by atoms with Gasteiger partial charge in [-0.05, 0) is 49.4 Å². The zero-order chi connectivity index (χ0) is 26.6. The van der Waals surface area contributed by atoms with Crippen molar-refractivity contribution in [1.82, 2.24) is 15.0 Å². The van der Waals surface area contributed by atoms with Gasteiger partial charge >= 0.3 is 11.8 Å². The first-order chi connectivity index (χ1) is 18.4. The van der Waals surface area contributed by atoms with Crippen molar-refractivity contribution >= 4 is 40.1 Å². The number of Topliss-reactive ketones (excluding diaryl/α,β-unsaturated/α-hetero) is 1. The number of nitrogens with zero attached hydrogens (tertiary/aromatic N) is 3. The van der Waals surface area contributed by atoms with Crippen LogP contribution in [0.25, 0.3) is 22.5 Å². The van der Waals surface area contributed by atoms with Crippen LogP contribution in [-0.2, 0) is 4.74 Å². The monoisotopic (exact) mass is 518 g/mol. The summed E-state index contributed by atoms with van der Waals surface area (Å²) in [4.78, 5) is 50.1. The van der Waals surface area contributed by atoms with Gasteiger partial charge in [0.25, 0.3) is 0 Å². The fraction of sp³-hybridized carbons (Fsp3) is 0.269. The minimum absolute atomic E-state index is 0.218. The summed E-state index contributed by atoms with van der Waals surface area (Å²) in [7, 11) is 0. The number of anilines is 3. The second-order valence-electron chi connectivity index (χ2n) is 8.52. The van der Waals surface area contributed by atoms with Crippen LogP contribution in [0.4, 0.5) is 22.0 Å². The van der Waals surface area contributed by atoms with Crippen LogP contribution < -0.4 is 26.0 Å². The largest absolute Gasteiger partial charge is 0.488 e. The summed E-state index contributed by atoms with van der Waals surface area (Å²) in [6.45, 7) is 6.01. The molecule has 1 aliphatic heterocycles. The highest BCUT2D eigenvalue weighted by Gasteiger charge is 2.25. The molecule has 0 atom stereocenters. The molecule has 2 amide bonds. The number of rotatable bonds is 7. The number of benzene rings is 2. The number of oxazole rings is 1. The molecular weight excluding hydrogens is 492 g/mol. The van der Waals surface area contributed by atoms with E-state index < -0.39 is 11.8 Å². The Bertz CT molecular complexity index is 1540. The van der Waals surface area contributed by atoms with Crippen LogP contribution in [0, 0.1) is 0 Å². The third-order valence-corrected chi connectivity index (χ3v) is 5.86. The number of fused-ring (bicyclic) bond motifs is 1. The van der Waals surface area contributed by atoms with Crippen LogP contribution in [0.2, 0.25) is 0 Å². The summed E-state index contributed by atoms with van der Waals surface area (Å²) in [6, 6.07) is 11.3. The van der Waals surface area contributed by atoms with Crippen LogP contribution in [0.1, 0.15) is 24.3 Å². The van der Waals surface area contributed by atoms with E-state index >= 15 is 0 Å². The fourth-order valence-electron chi connectivity index (χ4n) is 4.10. The Morgan fingerprint density at radius 2 is 1.76 bits per heavy atom. The highest BCUT2D eigenvalue weighted by molar-refractivity contribution is 6.01. The number of morpholine rings is 1. The van der Waals surface area contributed by atoms with Crippen LogP contribution >= 0.6 is 0 Å². The summed E-state index contributed by atoms with van der Waals surface area (Å²) in [6.07, 6.45) is 0. The molecule has 0 unspecified atom stereocenters. The van der Waals surface area contributed by atoms with E-state index in [1.165, 1.54) is 6.92 Å². The Morgan fingerprint density at radius 3 is 2.47 bits per heavy atom. The Labute approximate surface area is 217 Å². The molecule has 0 aliphatic carbocycles. The van der Waals surface area contributed by atoms with Crippen molar-refractivity contribution in [3.8, 4) is 17.1 Å². The van der Waals surface area contributed by atoms with Gasteiger partial charge in [-0.2, -0.15) is 0 Å². The van der Waals surface area contributed by atoms with E-state index in [-0.39, 0.29) is 11.5 Å². The van der Waals surface area contributed by atoms with Gasteiger partial charge in [0.05, 0.1) is 25.3 Å². The smallest absolute Gasteiger partial charge is 0.417 e. The molecule has 12 nitrogen and oxygen atoms in total. The first kappa shape index (κ1) is 25.0. The van der Waals surface area contributed by atoms with Gasteiger partial charge in [-0.25, -0.2) is 19.6 Å². The molecule has 0 saturated carbocycles. The van der Waals surface area contributed by atoms with E-state index in [4.69, 9.17) is 18.9 Å². The first-order valence-corrected chi connectivity index (χ1v) is 12.1. The molecule has 0 spiro atoms. The highest BCUT2D eigenvalue weighted by Crippen LogP contribution is 2.33. The topological polar surface area (TPSA) is 152 Å². The van der Waals surface area contributed by atoms with Crippen molar-refractivity contribution in [2.45, 2.75) is 13.8 Å². The van der Waals surface area contributed by atoms with E-state index in [0.717, 1.165) is 0 Å². The molecule has 1 aliphatic rings. The predicted molar refractivity (Wildman–Crippen MR) is 141 cm³/mol. The van der Waals surface area contributed by atoms with E-state index in [1.807, 2.05) is 11.8 Å². The number of aromatic amines is 1. The van der Waals surface area contributed by atoms with Gasteiger partial charge in [0.2, 0.25) is 0 Å². The van der Waals surface area contributed by atoms with Gasteiger partial charge in [0.1, 0.15) is 0 Å². The van der Waals surface area contributed by atoms with E-state index in [2.05, 4.69) is 20.6 Å². The SMILES string of the molecule is CCOc1c(C(C)=O)nc(-c2ccc(NC(=O)Nc3ccc4oc(=O)[nH]c4c3)cc2)nc1N1CCOCC1. The molecular formula is C26H26N6O6. The number of urea groups is 1. The molecule has 196 valence electrons. The van der Waals surface area contributed by atoms with Gasteiger partial charge in [0, 0.05) is 37.0 Å². The van der Waals surface area contributed by atoms with Crippen molar-refractivity contribution in [3.63, 3.8) is 0 Å². The van der Waals surface area contributed by atoms with Crippen LogP contribution in [0.3, 0.4) is 0 Å². The lowest BCUT2D eigenvalue weighted by Crippen LogP contribution is -2.37. The normalized spacial score (nSPS) is 13.4. The van der Waals surface area contributed by atoms with Gasteiger partial charge in [-0.15, -0.1) is 0 Å². The van der Waals surface area contributed by atoms with Crippen molar-refractivity contribution in [3.05, 3.63) is 58.7 Å². The first-order valence-electron chi connectivity index (χ1n) is 12.1. The van der Waals surface area contributed by atoms with Crippen LogP contribution in [0.15, 0.2) is 51.7 Å². The molecule has 38 heavy (non-hydrogen) atoms. The van der Waals surface area contributed by atoms with Gasteiger partial charge in [-0.3, -0.25) is 9.78 Å². The molecule has 2 aromatic carbocycles. The third kappa shape index (κ3) is 5.34. The summed E-state index contributed by atoms with van der Waals surface area (Å²) in [5.74, 6) is 0.518. The molecule has 2 aromatic heterocycles. The third-order valence-electron chi connectivity index (χ3n) is 5.86. The number of ketones is 1. The van der Waals surface area contributed by atoms with Crippen molar-refractivity contribution < 1.29 is 23.5 Å². The number of carbonyl (C=O) groups is 2. The second kappa shape index (κ2) is 10.7. The summed E-state index contributed by atoms with van der Waals surface area (Å²) in [5, 5.41) is 5.47. The standard InChI is InChI=1S/C26H26N6O6/c1-3-37-22-21(15(2)33)30-23(31-24(22)32-10-12-36-13-11-32)16-4-6-17(7-5-16)27-25(34)28-18-8-9-20-19(14-18)29-26(35)38-20/h4-9,14H,3,10-13H2,1-2H3,(H,29,35)(H2,27,28,34). The lowest BCUT2D eigenvalue weighted by Gasteiger charge is -2.29. The lowest BCUT2D eigenvalue weighted by atomic mass is 10.1. The summed E-state index contributed by atoms with van der Waals surface area (Å²) < 4.78 is 16.2. The number of amides is 2. The van der Waals surface area contributed by atoms with Crippen LogP contribution in [-0.4, -0.2) is 59.7 Å². The minimum atomic E-state index is -0.564. The van der Waals surface area contributed by atoms with Gasteiger partial charge < -0.3 is 29.4 Å². The second-order valence-corrected chi connectivity index (χ2v) is 8.52. The number of hydrogen-bond acceptors (Lipinski definition) is 9. The molecule has 4 aromatic rings. The maximum atomic E-state index is 12.5. The molecule has 0 radical (unpaired) electrons. The fourth-order valence-corrected chi connectivity index (χ4v) is 4.10. The number of nitrogens with one attached hydrogen (secondary N) is 3. The maximum absolute atomic E-state index is 12.5. The zero-order valence-corrected chi connectivity index (χ0v) is 20.9. The Balaban J connectivity index is 1.36. The van der Waals surface area contributed by atoms with Crippen LogP contribution in [0.5, 0.6) is 5.75 Å². The van der Waals surface area contributed by atoms with E-state index in [0.29, 0.717) is 78.3 Å². The van der Waals surface area contributed by atoms with Crippen molar-refractivity contribution in [1.29, 1.82) is 0 Å². The number of H-pyrrole nitrogens is 1. The predicted octanol–water partition coefficient (Wildman–Crippen LogP) is 3.66. The van der Waals surface area contributed by atoms with Crippen molar-refractivity contribution in [2.24, 2.45) is 0 Å². The quantitative estimate of drug-likeness (QED) is 0.311. The molecule has 1 saturated heterocycles. The number of hydrogen-bond donors (Lipinski definition) is 3. The molecule has 0 bridgehead atoms. The molecule has 3 N–H and O–H groups in total. The highest BCUT2D eigenvalue weighted by atomic mass is 16.5. The molecule has 1 fully saturated rings. The van der Waals surface area contributed by atoms with E-state index in [9.17, 15) is 14.4 Å². The Morgan fingerprint density at radius 1 is 1.05 bits per heavy atom. The molecule has 5 rings (SSSR count). The minimum Gasteiger partial charge on any atom is -0.488 e. The number of aromatic nitrogens is 3. The Hall–Kier alpha value is -4.71. The lowest BCUT2D eigenvalue weighted by molar-refractivity contribution is 0.100. The average molecular weight is 519 g/mol. The molecule has 12 heteroatoms. The summed E-state index contributed by atoms with van der Waals surface area (Å²) in [5.41, 5.74) is 2.79. The van der Waals surface area contributed by atoms with Gasteiger partial charge in [-0.1, -0.05) is 0 Å². The number of carbonyl (C=O) groups excluding carboxylic acids is 2. The Kier molecular flexibility index (Phi) is 7.05. The molecule has 3 heterocycles. The summed E-state index contributed by atoms with van der Waals surface area (Å²) >= 11 is 0. The number of ether oxygens (including phenoxy) is 2. The van der Waals surface area contributed by atoms with Crippen molar-refractivity contribution in [2.75, 3.05) is 48.4 Å².